The highest BCUT2D eigenvalue weighted by atomic mass is 19.3. The summed E-state index contributed by atoms with van der Waals surface area (Å²) in [4.78, 5) is 13.1. The van der Waals surface area contributed by atoms with E-state index in [0.29, 0.717) is 30.5 Å². The molecule has 1 saturated heterocycles. The Hall–Kier alpha value is -2.32. The number of fused-ring (bicyclic) bond motifs is 1. The number of hydrogen-bond donors (Lipinski definition) is 6. The minimum atomic E-state index is -3.73. The van der Waals surface area contributed by atoms with Crippen LogP contribution in [0.5, 0.6) is 0 Å². The second-order valence-corrected chi connectivity index (χ2v) is 8.44. The maximum Gasteiger partial charge on any atom is 0.329 e. The number of rotatable bonds is 6. The zero-order valence-electron chi connectivity index (χ0n) is 17.9. The Labute approximate surface area is 188 Å². The Balaban J connectivity index is 1.42. The Morgan fingerprint density at radius 3 is 2.70 bits per heavy atom. The number of nitrogens with one attached hydrogen (secondary N) is 2. The van der Waals surface area contributed by atoms with Crippen molar-refractivity contribution in [3.05, 3.63) is 63.1 Å². The molecule has 0 spiro atoms. The SMILES string of the molecule is Cn1nc(C(F)(F)[C@H](O)NCc2ccc3c(c2)CN(C2CC[C@H](O)N[C@@H]2O)[C@H]3O)ccc1=O. The summed E-state index contributed by atoms with van der Waals surface area (Å²) < 4.78 is 29.9. The van der Waals surface area contributed by atoms with E-state index in [4.69, 9.17) is 0 Å². The third-order valence-electron chi connectivity index (χ3n) is 6.19. The molecule has 5 atom stereocenters. The van der Waals surface area contributed by atoms with E-state index in [2.05, 4.69) is 15.7 Å². The van der Waals surface area contributed by atoms with E-state index in [1.807, 2.05) is 0 Å². The molecule has 0 bridgehead atoms. The Morgan fingerprint density at radius 1 is 1.24 bits per heavy atom. The first-order chi connectivity index (χ1) is 15.6. The van der Waals surface area contributed by atoms with E-state index in [0.717, 1.165) is 22.4 Å². The first-order valence-electron chi connectivity index (χ1n) is 10.6. The molecule has 1 aromatic heterocycles. The smallest absolute Gasteiger partial charge is 0.329 e. The van der Waals surface area contributed by atoms with Gasteiger partial charge in [0.15, 0.2) is 6.23 Å². The molecule has 2 aliphatic heterocycles. The van der Waals surface area contributed by atoms with Crippen molar-refractivity contribution in [3.63, 3.8) is 0 Å². The topological polar surface area (TPSA) is 143 Å². The molecule has 180 valence electrons. The van der Waals surface area contributed by atoms with E-state index in [9.17, 15) is 34.0 Å². The van der Waals surface area contributed by atoms with Gasteiger partial charge in [0.05, 0.1) is 6.04 Å². The van der Waals surface area contributed by atoms with Crippen molar-refractivity contribution in [2.75, 3.05) is 0 Å². The fourth-order valence-corrected chi connectivity index (χ4v) is 4.31. The minimum absolute atomic E-state index is 0.0777. The molecule has 0 amide bonds. The van der Waals surface area contributed by atoms with Gasteiger partial charge in [0.2, 0.25) is 0 Å². The van der Waals surface area contributed by atoms with Gasteiger partial charge in [0.1, 0.15) is 24.4 Å². The Kier molecular flexibility index (Phi) is 6.60. The second-order valence-electron chi connectivity index (χ2n) is 8.44. The van der Waals surface area contributed by atoms with Crippen molar-refractivity contribution in [2.24, 2.45) is 7.05 Å². The molecule has 12 heteroatoms. The average molecular weight is 467 g/mol. The average Bonchev–Trinajstić information content (AvgIpc) is 3.09. The minimum Gasteiger partial charge on any atom is -0.379 e. The molecule has 3 heterocycles. The summed E-state index contributed by atoms with van der Waals surface area (Å²) in [7, 11) is 1.24. The number of nitrogens with zero attached hydrogens (tertiary/aromatic N) is 3. The largest absolute Gasteiger partial charge is 0.379 e. The zero-order chi connectivity index (χ0) is 23.9. The number of halogens is 2. The lowest BCUT2D eigenvalue weighted by molar-refractivity contribution is -0.133. The van der Waals surface area contributed by atoms with E-state index < -0.39 is 48.1 Å². The predicted octanol–water partition coefficient (Wildman–Crippen LogP) is -0.824. The van der Waals surface area contributed by atoms with Crippen LogP contribution in [-0.4, -0.2) is 59.8 Å². The lowest BCUT2D eigenvalue weighted by Crippen LogP contribution is -2.56. The molecule has 33 heavy (non-hydrogen) atoms. The summed E-state index contributed by atoms with van der Waals surface area (Å²) in [6.07, 6.45) is -4.04. The van der Waals surface area contributed by atoms with Crippen LogP contribution in [0.2, 0.25) is 0 Å². The summed E-state index contributed by atoms with van der Waals surface area (Å²) in [5.41, 5.74) is 0.767. The monoisotopic (exact) mass is 467 g/mol. The lowest BCUT2D eigenvalue weighted by atomic mass is 10.0. The molecule has 6 N–H and O–H groups in total. The molecule has 4 rings (SSSR count). The predicted molar refractivity (Wildman–Crippen MR) is 111 cm³/mol. The molecule has 1 unspecified atom stereocenters. The highest BCUT2D eigenvalue weighted by molar-refractivity contribution is 5.37. The van der Waals surface area contributed by atoms with Crippen LogP contribution in [0, 0.1) is 0 Å². The van der Waals surface area contributed by atoms with Crippen molar-refractivity contribution in [2.45, 2.75) is 62.8 Å². The van der Waals surface area contributed by atoms with Crippen LogP contribution in [-0.2, 0) is 26.1 Å². The van der Waals surface area contributed by atoms with Gasteiger partial charge in [-0.15, -0.1) is 0 Å². The van der Waals surface area contributed by atoms with E-state index >= 15 is 0 Å². The molecule has 2 aromatic rings. The molecule has 0 aliphatic carbocycles. The second kappa shape index (κ2) is 9.14. The number of benzene rings is 1. The van der Waals surface area contributed by atoms with Crippen LogP contribution in [0.25, 0.3) is 0 Å². The molecule has 0 saturated carbocycles. The van der Waals surface area contributed by atoms with Crippen LogP contribution in [0.15, 0.2) is 35.1 Å². The summed E-state index contributed by atoms with van der Waals surface area (Å²) in [5.74, 6) is -3.73. The van der Waals surface area contributed by atoms with Gasteiger partial charge in [0, 0.05) is 26.2 Å². The number of piperidine rings is 1. The number of aliphatic hydroxyl groups is 4. The van der Waals surface area contributed by atoms with Crippen molar-refractivity contribution >= 4 is 0 Å². The van der Waals surface area contributed by atoms with Crippen molar-refractivity contribution < 1.29 is 29.2 Å². The normalized spacial score (nSPS) is 26.9. The number of aliphatic hydroxyl groups excluding tert-OH is 4. The molecule has 10 nitrogen and oxygen atoms in total. The summed E-state index contributed by atoms with van der Waals surface area (Å²) in [6.45, 7) is 0.260. The quantitative estimate of drug-likeness (QED) is 0.300. The molecular formula is C21H27F2N5O5. The van der Waals surface area contributed by atoms with Crippen LogP contribution in [0.3, 0.4) is 0 Å². The van der Waals surface area contributed by atoms with E-state index in [-0.39, 0.29) is 6.54 Å². The number of aryl methyl sites for hydroxylation is 1. The fourth-order valence-electron chi connectivity index (χ4n) is 4.31. The lowest BCUT2D eigenvalue weighted by Gasteiger charge is -2.39. The maximum atomic E-state index is 14.6. The van der Waals surface area contributed by atoms with Crippen molar-refractivity contribution in [1.82, 2.24) is 25.3 Å². The van der Waals surface area contributed by atoms with Crippen LogP contribution < -0.4 is 16.2 Å². The van der Waals surface area contributed by atoms with Gasteiger partial charge >= 0.3 is 5.92 Å². The first kappa shape index (κ1) is 23.8. The van der Waals surface area contributed by atoms with Gasteiger partial charge in [-0.1, -0.05) is 18.2 Å². The van der Waals surface area contributed by atoms with Crippen molar-refractivity contribution in [1.29, 1.82) is 0 Å². The highest BCUT2D eigenvalue weighted by Gasteiger charge is 2.43. The van der Waals surface area contributed by atoms with Crippen LogP contribution in [0.4, 0.5) is 8.78 Å². The van der Waals surface area contributed by atoms with E-state index in [1.54, 1.807) is 23.1 Å². The Morgan fingerprint density at radius 2 is 2.00 bits per heavy atom. The van der Waals surface area contributed by atoms with Crippen molar-refractivity contribution in [3.8, 4) is 0 Å². The van der Waals surface area contributed by atoms with Gasteiger partial charge in [-0.2, -0.15) is 13.9 Å². The molecule has 0 radical (unpaired) electrons. The van der Waals surface area contributed by atoms with Gasteiger partial charge < -0.3 is 20.4 Å². The number of aromatic nitrogens is 2. The molecule has 2 aliphatic rings. The van der Waals surface area contributed by atoms with Gasteiger partial charge in [-0.25, -0.2) is 4.68 Å². The van der Waals surface area contributed by atoms with Gasteiger partial charge in [-0.05, 0) is 35.6 Å². The zero-order valence-corrected chi connectivity index (χ0v) is 17.9. The van der Waals surface area contributed by atoms with Gasteiger partial charge in [0.25, 0.3) is 5.56 Å². The molecule has 1 fully saturated rings. The van der Waals surface area contributed by atoms with Gasteiger partial charge in [-0.3, -0.25) is 20.3 Å². The third-order valence-corrected chi connectivity index (χ3v) is 6.19. The highest BCUT2D eigenvalue weighted by Crippen LogP contribution is 2.36. The van der Waals surface area contributed by atoms with Crippen LogP contribution >= 0.6 is 0 Å². The maximum absolute atomic E-state index is 14.6. The first-order valence-corrected chi connectivity index (χ1v) is 10.6. The summed E-state index contributed by atoms with van der Waals surface area (Å²) in [5, 5.41) is 49.2. The van der Waals surface area contributed by atoms with E-state index in [1.165, 1.54) is 7.05 Å². The number of alkyl halides is 2. The number of hydrogen-bond acceptors (Lipinski definition) is 9. The standard InChI is InChI=1S/C21H27F2N5O5/c1-27-17(30)7-5-15(26-27)21(22,23)20(33)24-9-11-2-3-13-12(8-11)10-28(19(13)32)14-4-6-16(29)25-18(14)31/h2-3,5,7-8,14,16,18-20,24-25,29,31-33H,4,6,9-10H2,1H3/t14?,16-,18+,19-,20-/m0/s1. The molecule has 1 aromatic carbocycles. The Bertz CT molecular complexity index is 1070. The summed E-state index contributed by atoms with van der Waals surface area (Å²) >= 11 is 0. The third kappa shape index (κ3) is 4.68. The van der Waals surface area contributed by atoms with Crippen LogP contribution in [0.1, 0.15) is 41.5 Å². The molecular weight excluding hydrogens is 440 g/mol. The fraction of sp³-hybridized carbons (Fsp3) is 0.524. The summed E-state index contributed by atoms with van der Waals surface area (Å²) in [6, 6.07) is 6.54.